The third-order valence-corrected chi connectivity index (χ3v) is 4.05. The van der Waals surface area contributed by atoms with Crippen LogP contribution in [0, 0.1) is 0 Å². The predicted octanol–water partition coefficient (Wildman–Crippen LogP) is 3.06. The molecule has 1 N–H and O–H groups in total. The van der Waals surface area contributed by atoms with Crippen LogP contribution in [0.15, 0.2) is 54.6 Å². The second-order valence-corrected chi connectivity index (χ2v) is 5.98. The molecular weight excluding hydrogens is 332 g/mol. The van der Waals surface area contributed by atoms with Crippen molar-refractivity contribution in [3.8, 4) is 11.5 Å². The van der Waals surface area contributed by atoms with E-state index in [2.05, 4.69) is 5.32 Å². The van der Waals surface area contributed by atoms with Gasteiger partial charge in [-0.15, -0.1) is 0 Å². The SMILES string of the molecule is O=C(CCC(=O)N1CCOCC1)Nc1ccc(Oc2ccccc2)cc1. The number of anilines is 1. The van der Waals surface area contributed by atoms with Crippen molar-refractivity contribution in [2.24, 2.45) is 0 Å². The largest absolute Gasteiger partial charge is 0.457 e. The Morgan fingerprint density at radius 3 is 2.27 bits per heavy atom. The molecule has 1 aliphatic rings. The Balaban J connectivity index is 1.44. The highest BCUT2D eigenvalue weighted by atomic mass is 16.5. The molecule has 0 bridgehead atoms. The standard InChI is InChI=1S/C20H22N2O4/c23-19(10-11-20(24)22-12-14-25-15-13-22)21-16-6-8-18(9-7-16)26-17-4-2-1-3-5-17/h1-9H,10-15H2,(H,21,23). The van der Waals surface area contributed by atoms with Crippen LogP contribution >= 0.6 is 0 Å². The summed E-state index contributed by atoms with van der Waals surface area (Å²) in [6, 6.07) is 16.6. The molecule has 0 atom stereocenters. The van der Waals surface area contributed by atoms with Gasteiger partial charge in [0.05, 0.1) is 13.2 Å². The molecule has 0 unspecified atom stereocenters. The molecule has 26 heavy (non-hydrogen) atoms. The van der Waals surface area contributed by atoms with Crippen molar-refractivity contribution in [2.75, 3.05) is 31.6 Å². The fourth-order valence-corrected chi connectivity index (χ4v) is 2.65. The second-order valence-electron chi connectivity index (χ2n) is 5.98. The highest BCUT2D eigenvalue weighted by molar-refractivity contribution is 5.93. The van der Waals surface area contributed by atoms with Crippen molar-refractivity contribution in [2.45, 2.75) is 12.8 Å². The first-order valence-corrected chi connectivity index (χ1v) is 8.69. The number of hydrogen-bond acceptors (Lipinski definition) is 4. The zero-order valence-corrected chi connectivity index (χ0v) is 14.5. The number of rotatable bonds is 6. The Morgan fingerprint density at radius 2 is 1.58 bits per heavy atom. The van der Waals surface area contributed by atoms with Gasteiger partial charge < -0.3 is 19.7 Å². The van der Waals surface area contributed by atoms with E-state index in [1.54, 1.807) is 29.2 Å². The first kappa shape index (κ1) is 17.9. The maximum Gasteiger partial charge on any atom is 0.224 e. The minimum atomic E-state index is -0.177. The molecule has 136 valence electrons. The first-order valence-electron chi connectivity index (χ1n) is 8.69. The molecule has 3 rings (SSSR count). The number of para-hydroxylation sites is 1. The van der Waals surface area contributed by atoms with E-state index in [0.29, 0.717) is 37.7 Å². The molecule has 1 heterocycles. The van der Waals surface area contributed by atoms with E-state index in [-0.39, 0.29) is 24.7 Å². The topological polar surface area (TPSA) is 67.9 Å². The Morgan fingerprint density at radius 1 is 0.923 bits per heavy atom. The molecule has 0 radical (unpaired) electrons. The molecule has 0 saturated carbocycles. The van der Waals surface area contributed by atoms with E-state index in [9.17, 15) is 9.59 Å². The van der Waals surface area contributed by atoms with Crippen molar-refractivity contribution >= 4 is 17.5 Å². The number of carbonyl (C=O) groups excluding carboxylic acids is 2. The molecule has 2 aromatic carbocycles. The van der Waals surface area contributed by atoms with Gasteiger partial charge in [0.15, 0.2) is 0 Å². The molecular formula is C20H22N2O4. The summed E-state index contributed by atoms with van der Waals surface area (Å²) in [4.78, 5) is 25.8. The second kappa shape index (κ2) is 9.01. The van der Waals surface area contributed by atoms with Gasteiger partial charge in [-0.2, -0.15) is 0 Å². The number of nitrogens with zero attached hydrogens (tertiary/aromatic N) is 1. The van der Waals surface area contributed by atoms with Crippen LogP contribution in [-0.2, 0) is 14.3 Å². The van der Waals surface area contributed by atoms with Crippen LogP contribution < -0.4 is 10.1 Å². The molecule has 2 aromatic rings. The molecule has 1 saturated heterocycles. The molecule has 6 heteroatoms. The van der Waals surface area contributed by atoms with Crippen LogP contribution in [0.25, 0.3) is 0 Å². The van der Waals surface area contributed by atoms with Gasteiger partial charge in [0, 0.05) is 31.6 Å². The highest BCUT2D eigenvalue weighted by Gasteiger charge is 2.17. The van der Waals surface area contributed by atoms with E-state index in [1.165, 1.54) is 0 Å². The van der Waals surface area contributed by atoms with E-state index < -0.39 is 0 Å². The maximum atomic E-state index is 12.0. The summed E-state index contributed by atoms with van der Waals surface area (Å²) >= 11 is 0. The lowest BCUT2D eigenvalue weighted by molar-refractivity contribution is -0.136. The van der Waals surface area contributed by atoms with Crippen LogP contribution in [-0.4, -0.2) is 43.0 Å². The molecule has 6 nitrogen and oxygen atoms in total. The molecule has 0 spiro atoms. The van der Waals surface area contributed by atoms with Gasteiger partial charge in [-0.05, 0) is 36.4 Å². The maximum absolute atomic E-state index is 12.0. The lowest BCUT2D eigenvalue weighted by Crippen LogP contribution is -2.40. The summed E-state index contributed by atoms with van der Waals surface area (Å²) in [6.45, 7) is 2.33. The predicted molar refractivity (Wildman–Crippen MR) is 98.2 cm³/mol. The zero-order chi connectivity index (χ0) is 18.2. The van der Waals surface area contributed by atoms with Gasteiger partial charge in [-0.25, -0.2) is 0 Å². The Hall–Kier alpha value is -2.86. The summed E-state index contributed by atoms with van der Waals surface area (Å²) in [5.74, 6) is 1.26. The molecule has 0 aromatic heterocycles. The van der Waals surface area contributed by atoms with Crippen LogP contribution in [0.2, 0.25) is 0 Å². The third-order valence-electron chi connectivity index (χ3n) is 4.05. The Bertz CT molecular complexity index is 725. The first-order chi connectivity index (χ1) is 12.7. The number of hydrogen-bond donors (Lipinski definition) is 1. The number of carbonyl (C=O) groups is 2. The molecule has 1 aliphatic heterocycles. The van der Waals surface area contributed by atoms with Crippen molar-refractivity contribution in [1.82, 2.24) is 4.90 Å². The van der Waals surface area contributed by atoms with Crippen molar-refractivity contribution in [3.63, 3.8) is 0 Å². The Labute approximate surface area is 152 Å². The minimum absolute atomic E-state index is 0.00457. The quantitative estimate of drug-likeness (QED) is 0.866. The smallest absolute Gasteiger partial charge is 0.224 e. The van der Waals surface area contributed by atoms with E-state index >= 15 is 0 Å². The lowest BCUT2D eigenvalue weighted by atomic mass is 10.2. The summed E-state index contributed by atoms with van der Waals surface area (Å²) in [7, 11) is 0. The van der Waals surface area contributed by atoms with Gasteiger partial charge in [-0.1, -0.05) is 18.2 Å². The van der Waals surface area contributed by atoms with Crippen LogP contribution in [0.4, 0.5) is 5.69 Å². The molecule has 2 amide bonds. The number of benzene rings is 2. The van der Waals surface area contributed by atoms with Crippen molar-refractivity contribution < 1.29 is 19.1 Å². The highest BCUT2D eigenvalue weighted by Crippen LogP contribution is 2.22. The molecule has 1 fully saturated rings. The van der Waals surface area contributed by atoms with Gasteiger partial charge in [0.2, 0.25) is 11.8 Å². The van der Waals surface area contributed by atoms with Crippen molar-refractivity contribution in [1.29, 1.82) is 0 Å². The Kier molecular flexibility index (Phi) is 6.22. The summed E-state index contributed by atoms with van der Waals surface area (Å²) in [5, 5.41) is 2.80. The van der Waals surface area contributed by atoms with E-state index in [4.69, 9.17) is 9.47 Å². The fourth-order valence-electron chi connectivity index (χ4n) is 2.65. The normalized spacial score (nSPS) is 13.9. The van der Waals surface area contributed by atoms with Gasteiger partial charge in [-0.3, -0.25) is 9.59 Å². The van der Waals surface area contributed by atoms with Crippen LogP contribution in [0.3, 0.4) is 0 Å². The number of amides is 2. The number of morpholine rings is 1. The molecule has 0 aliphatic carbocycles. The van der Waals surface area contributed by atoms with Crippen LogP contribution in [0.1, 0.15) is 12.8 Å². The van der Waals surface area contributed by atoms with Crippen molar-refractivity contribution in [3.05, 3.63) is 54.6 Å². The minimum Gasteiger partial charge on any atom is -0.457 e. The zero-order valence-electron chi connectivity index (χ0n) is 14.5. The van der Waals surface area contributed by atoms with Gasteiger partial charge in [0.1, 0.15) is 11.5 Å². The third kappa shape index (κ3) is 5.32. The van der Waals surface area contributed by atoms with E-state index in [0.717, 1.165) is 5.75 Å². The average molecular weight is 354 g/mol. The average Bonchev–Trinajstić information content (AvgIpc) is 2.69. The van der Waals surface area contributed by atoms with E-state index in [1.807, 2.05) is 30.3 Å². The lowest BCUT2D eigenvalue weighted by Gasteiger charge is -2.26. The van der Waals surface area contributed by atoms with Crippen LogP contribution in [0.5, 0.6) is 11.5 Å². The monoisotopic (exact) mass is 354 g/mol. The number of ether oxygens (including phenoxy) is 2. The summed E-state index contributed by atoms with van der Waals surface area (Å²) < 4.78 is 10.9. The summed E-state index contributed by atoms with van der Waals surface area (Å²) in [5.41, 5.74) is 0.675. The summed E-state index contributed by atoms with van der Waals surface area (Å²) in [6.07, 6.45) is 0.374. The van der Waals surface area contributed by atoms with Gasteiger partial charge >= 0.3 is 0 Å². The number of nitrogens with one attached hydrogen (secondary N) is 1. The van der Waals surface area contributed by atoms with Gasteiger partial charge in [0.25, 0.3) is 0 Å². The fraction of sp³-hybridized carbons (Fsp3) is 0.300.